The minimum absolute atomic E-state index is 0.228. The molecule has 0 aliphatic carbocycles. The largest absolute Gasteiger partial charge is 0.465 e. The Morgan fingerprint density at radius 1 is 0.909 bits per heavy atom. The molecule has 1 amide bonds. The van der Waals surface area contributed by atoms with Crippen molar-refractivity contribution in [3.8, 4) is 0 Å². The van der Waals surface area contributed by atoms with Gasteiger partial charge in [0.1, 0.15) is 0 Å². The lowest BCUT2D eigenvalue weighted by atomic mass is 10.1. The van der Waals surface area contributed by atoms with E-state index in [-0.39, 0.29) is 5.91 Å². The van der Waals surface area contributed by atoms with Crippen LogP contribution in [0.1, 0.15) is 20.7 Å². The van der Waals surface area contributed by atoms with Gasteiger partial charge in [-0.2, -0.15) is 0 Å². The highest BCUT2D eigenvalue weighted by molar-refractivity contribution is 6.04. The molecule has 0 bridgehead atoms. The van der Waals surface area contributed by atoms with E-state index < -0.39 is 5.97 Å². The lowest BCUT2D eigenvalue weighted by Crippen LogP contribution is -2.13. The number of hydrogen-bond donors (Lipinski definition) is 1. The zero-order valence-corrected chi connectivity index (χ0v) is 12.8. The monoisotopic (exact) mass is 298 g/mol. The van der Waals surface area contributed by atoms with E-state index in [1.165, 1.54) is 7.11 Å². The summed E-state index contributed by atoms with van der Waals surface area (Å²) in [6.45, 7) is 0. The van der Waals surface area contributed by atoms with Crippen molar-refractivity contribution < 1.29 is 14.3 Å². The van der Waals surface area contributed by atoms with Crippen molar-refractivity contribution in [3.05, 3.63) is 59.7 Å². The van der Waals surface area contributed by atoms with Gasteiger partial charge in [0.15, 0.2) is 0 Å². The molecule has 0 saturated heterocycles. The van der Waals surface area contributed by atoms with Gasteiger partial charge in [-0.1, -0.05) is 0 Å². The van der Waals surface area contributed by atoms with Gasteiger partial charge in [-0.3, -0.25) is 4.79 Å². The summed E-state index contributed by atoms with van der Waals surface area (Å²) in [4.78, 5) is 25.5. The number of rotatable bonds is 4. The van der Waals surface area contributed by atoms with Gasteiger partial charge in [0, 0.05) is 31.0 Å². The Hall–Kier alpha value is -2.82. The summed E-state index contributed by atoms with van der Waals surface area (Å²) in [5.74, 6) is -0.653. The molecule has 0 aliphatic heterocycles. The van der Waals surface area contributed by atoms with E-state index in [2.05, 4.69) is 10.1 Å². The number of benzene rings is 2. The summed E-state index contributed by atoms with van der Waals surface area (Å²) in [6, 6.07) is 13.9. The van der Waals surface area contributed by atoms with Crippen LogP contribution in [-0.4, -0.2) is 33.1 Å². The molecule has 0 saturated carbocycles. The number of amides is 1. The van der Waals surface area contributed by atoms with Crippen LogP contribution >= 0.6 is 0 Å². The molecule has 0 unspecified atom stereocenters. The second-order valence-corrected chi connectivity index (χ2v) is 4.96. The van der Waals surface area contributed by atoms with Crippen molar-refractivity contribution in [1.82, 2.24) is 0 Å². The molecule has 22 heavy (non-hydrogen) atoms. The van der Waals surface area contributed by atoms with Gasteiger partial charge in [-0.05, 0) is 48.5 Å². The lowest BCUT2D eigenvalue weighted by molar-refractivity contribution is 0.0600. The molecule has 0 heterocycles. The average Bonchev–Trinajstić information content (AvgIpc) is 2.54. The van der Waals surface area contributed by atoms with Crippen LogP contribution in [0.4, 0.5) is 11.4 Å². The van der Waals surface area contributed by atoms with Crippen molar-refractivity contribution in [3.63, 3.8) is 0 Å². The minimum atomic E-state index is -0.425. The fourth-order valence-electron chi connectivity index (χ4n) is 1.92. The maximum absolute atomic E-state index is 12.1. The molecule has 5 nitrogen and oxygen atoms in total. The van der Waals surface area contributed by atoms with E-state index in [1.54, 1.807) is 24.3 Å². The van der Waals surface area contributed by atoms with Crippen LogP contribution in [0.3, 0.4) is 0 Å². The summed E-state index contributed by atoms with van der Waals surface area (Å²) in [6.07, 6.45) is 0. The van der Waals surface area contributed by atoms with Crippen LogP contribution in [0.15, 0.2) is 48.5 Å². The number of hydrogen-bond acceptors (Lipinski definition) is 4. The Balaban J connectivity index is 2.07. The van der Waals surface area contributed by atoms with E-state index in [1.807, 2.05) is 43.3 Å². The molecule has 2 aromatic rings. The number of ether oxygens (including phenoxy) is 1. The topological polar surface area (TPSA) is 58.6 Å². The van der Waals surface area contributed by atoms with Gasteiger partial charge in [0.2, 0.25) is 0 Å². The highest BCUT2D eigenvalue weighted by Crippen LogP contribution is 2.16. The third kappa shape index (κ3) is 3.63. The van der Waals surface area contributed by atoms with Crippen LogP contribution in [0.25, 0.3) is 0 Å². The predicted molar refractivity (Wildman–Crippen MR) is 86.5 cm³/mol. The van der Waals surface area contributed by atoms with Crippen LogP contribution < -0.4 is 10.2 Å². The average molecular weight is 298 g/mol. The SMILES string of the molecule is COC(=O)c1ccc(C(=O)Nc2ccc(N(C)C)cc2)cc1. The number of nitrogens with zero attached hydrogens (tertiary/aromatic N) is 1. The molecule has 114 valence electrons. The fraction of sp³-hybridized carbons (Fsp3) is 0.176. The summed E-state index contributed by atoms with van der Waals surface area (Å²) in [7, 11) is 5.23. The number of esters is 1. The molecular formula is C17H18N2O3. The fourth-order valence-corrected chi connectivity index (χ4v) is 1.92. The van der Waals surface area contributed by atoms with Gasteiger partial charge < -0.3 is 15.0 Å². The summed E-state index contributed by atoms with van der Waals surface area (Å²) in [5.41, 5.74) is 2.66. The van der Waals surface area contributed by atoms with Crippen LogP contribution in [0.2, 0.25) is 0 Å². The van der Waals surface area contributed by atoms with Crippen molar-refractivity contribution >= 4 is 23.3 Å². The van der Waals surface area contributed by atoms with E-state index in [9.17, 15) is 9.59 Å². The van der Waals surface area contributed by atoms with E-state index in [0.717, 1.165) is 5.69 Å². The van der Waals surface area contributed by atoms with E-state index in [4.69, 9.17) is 0 Å². The molecule has 0 atom stereocenters. The first-order valence-corrected chi connectivity index (χ1v) is 6.78. The highest BCUT2D eigenvalue weighted by atomic mass is 16.5. The second kappa shape index (κ2) is 6.76. The Morgan fingerprint density at radius 3 is 1.95 bits per heavy atom. The quantitative estimate of drug-likeness (QED) is 0.882. The van der Waals surface area contributed by atoms with Crippen molar-refractivity contribution in [1.29, 1.82) is 0 Å². The van der Waals surface area contributed by atoms with Gasteiger partial charge in [0.05, 0.1) is 12.7 Å². The maximum Gasteiger partial charge on any atom is 0.337 e. The number of anilines is 2. The zero-order valence-electron chi connectivity index (χ0n) is 12.8. The first-order chi connectivity index (χ1) is 10.5. The smallest absolute Gasteiger partial charge is 0.337 e. The first-order valence-electron chi connectivity index (χ1n) is 6.78. The van der Waals surface area contributed by atoms with Crippen LogP contribution in [-0.2, 0) is 4.74 Å². The zero-order chi connectivity index (χ0) is 16.1. The van der Waals surface area contributed by atoms with Crippen molar-refractivity contribution in [2.24, 2.45) is 0 Å². The minimum Gasteiger partial charge on any atom is -0.465 e. The molecule has 0 fully saturated rings. The predicted octanol–water partition coefficient (Wildman–Crippen LogP) is 2.79. The molecular weight excluding hydrogens is 280 g/mol. The number of methoxy groups -OCH3 is 1. The first kappa shape index (κ1) is 15.6. The molecule has 0 radical (unpaired) electrons. The summed E-state index contributed by atoms with van der Waals surface area (Å²) < 4.78 is 4.62. The van der Waals surface area contributed by atoms with E-state index in [0.29, 0.717) is 16.8 Å². The molecule has 2 rings (SSSR count). The number of carbonyl (C=O) groups excluding carboxylic acids is 2. The lowest BCUT2D eigenvalue weighted by Gasteiger charge is -2.13. The summed E-state index contributed by atoms with van der Waals surface area (Å²) >= 11 is 0. The Bertz CT molecular complexity index is 661. The van der Waals surface area contributed by atoms with Gasteiger partial charge in [-0.25, -0.2) is 4.79 Å². The molecule has 5 heteroatoms. The van der Waals surface area contributed by atoms with E-state index >= 15 is 0 Å². The van der Waals surface area contributed by atoms with Gasteiger partial charge in [0.25, 0.3) is 5.91 Å². The molecule has 0 aliphatic rings. The van der Waals surface area contributed by atoms with Crippen molar-refractivity contribution in [2.45, 2.75) is 0 Å². The third-order valence-corrected chi connectivity index (χ3v) is 3.21. The van der Waals surface area contributed by atoms with Gasteiger partial charge >= 0.3 is 5.97 Å². The molecule has 0 spiro atoms. The Morgan fingerprint density at radius 2 is 1.45 bits per heavy atom. The summed E-state index contributed by atoms with van der Waals surface area (Å²) in [5, 5.41) is 2.81. The Kier molecular flexibility index (Phi) is 4.78. The maximum atomic E-state index is 12.1. The van der Waals surface area contributed by atoms with Crippen molar-refractivity contribution in [2.75, 3.05) is 31.4 Å². The highest BCUT2D eigenvalue weighted by Gasteiger charge is 2.09. The van der Waals surface area contributed by atoms with Crippen LogP contribution in [0, 0.1) is 0 Å². The Labute approximate surface area is 129 Å². The molecule has 1 N–H and O–H groups in total. The number of nitrogens with one attached hydrogen (secondary N) is 1. The second-order valence-electron chi connectivity index (χ2n) is 4.96. The van der Waals surface area contributed by atoms with Gasteiger partial charge in [-0.15, -0.1) is 0 Å². The third-order valence-electron chi connectivity index (χ3n) is 3.21. The molecule has 0 aromatic heterocycles. The number of carbonyl (C=O) groups is 2. The molecule has 2 aromatic carbocycles. The normalized spacial score (nSPS) is 9.95. The van der Waals surface area contributed by atoms with Crippen LogP contribution in [0.5, 0.6) is 0 Å². The standard InChI is InChI=1S/C17H18N2O3/c1-19(2)15-10-8-14(9-11-15)18-16(20)12-4-6-13(7-5-12)17(21)22-3/h4-11H,1-3H3,(H,18,20).